The van der Waals surface area contributed by atoms with Gasteiger partial charge in [-0.2, -0.15) is 0 Å². The number of furan rings is 1. The summed E-state index contributed by atoms with van der Waals surface area (Å²) in [5.74, 6) is 1.48. The van der Waals surface area contributed by atoms with Gasteiger partial charge in [0.2, 0.25) is 5.13 Å². The highest BCUT2D eigenvalue weighted by Crippen LogP contribution is 2.34. The van der Waals surface area contributed by atoms with E-state index in [1.807, 2.05) is 66.7 Å². The average Bonchev–Trinajstić information content (AvgIpc) is 3.48. The number of hydrogen-bond acceptors (Lipinski definition) is 6. The molecule has 1 N–H and O–H groups in total. The SMILES string of the molecule is O=C(COc1ccc2ccccc2c1)Nc1nnc(-c2ccc(-c3ccccc3Cl)o2)s1. The number of hydrogen-bond donors (Lipinski definition) is 1. The molecule has 32 heavy (non-hydrogen) atoms. The number of nitrogens with zero attached hydrogens (tertiary/aromatic N) is 2. The summed E-state index contributed by atoms with van der Waals surface area (Å²) in [4.78, 5) is 12.3. The summed E-state index contributed by atoms with van der Waals surface area (Å²) in [6, 6.07) is 24.7. The maximum atomic E-state index is 12.3. The van der Waals surface area contributed by atoms with Crippen molar-refractivity contribution >= 4 is 44.7 Å². The van der Waals surface area contributed by atoms with E-state index in [1.165, 1.54) is 11.3 Å². The molecule has 2 heterocycles. The molecule has 2 aromatic heterocycles. The van der Waals surface area contributed by atoms with Gasteiger partial charge in [0, 0.05) is 5.56 Å². The van der Waals surface area contributed by atoms with Crippen molar-refractivity contribution in [2.24, 2.45) is 0 Å². The van der Waals surface area contributed by atoms with Crippen LogP contribution in [-0.2, 0) is 4.79 Å². The maximum absolute atomic E-state index is 12.3. The molecule has 0 aliphatic heterocycles. The molecule has 0 fully saturated rings. The zero-order chi connectivity index (χ0) is 21.9. The van der Waals surface area contributed by atoms with Crippen LogP contribution in [0, 0.1) is 0 Å². The number of benzene rings is 3. The van der Waals surface area contributed by atoms with Gasteiger partial charge in [-0.05, 0) is 47.2 Å². The summed E-state index contributed by atoms with van der Waals surface area (Å²) < 4.78 is 11.5. The van der Waals surface area contributed by atoms with Crippen molar-refractivity contribution in [1.82, 2.24) is 10.2 Å². The van der Waals surface area contributed by atoms with E-state index < -0.39 is 0 Å². The van der Waals surface area contributed by atoms with E-state index in [2.05, 4.69) is 15.5 Å². The summed E-state index contributed by atoms with van der Waals surface area (Å²) in [5, 5.41) is 14.5. The van der Waals surface area contributed by atoms with E-state index in [0.717, 1.165) is 16.3 Å². The quantitative estimate of drug-likeness (QED) is 0.321. The Labute approximate surface area is 192 Å². The van der Waals surface area contributed by atoms with Crippen molar-refractivity contribution in [3.05, 3.63) is 83.9 Å². The number of carbonyl (C=O) groups excluding carboxylic acids is 1. The lowest BCUT2D eigenvalue weighted by molar-refractivity contribution is -0.118. The van der Waals surface area contributed by atoms with Gasteiger partial charge in [0.15, 0.2) is 17.4 Å². The lowest BCUT2D eigenvalue weighted by Gasteiger charge is -2.06. The smallest absolute Gasteiger partial charge is 0.264 e. The molecule has 8 heteroatoms. The minimum absolute atomic E-state index is 0.134. The van der Waals surface area contributed by atoms with E-state index in [4.69, 9.17) is 20.8 Å². The minimum Gasteiger partial charge on any atom is -0.484 e. The second kappa shape index (κ2) is 8.82. The third-order valence-corrected chi connectivity index (χ3v) is 5.90. The molecule has 0 aliphatic carbocycles. The minimum atomic E-state index is -0.322. The second-order valence-electron chi connectivity index (χ2n) is 6.90. The molecule has 5 rings (SSSR count). The molecule has 0 radical (unpaired) electrons. The predicted octanol–water partition coefficient (Wildman–Crippen LogP) is 6.29. The van der Waals surface area contributed by atoms with Crippen LogP contribution < -0.4 is 10.1 Å². The van der Waals surface area contributed by atoms with Crippen molar-refractivity contribution in [3.63, 3.8) is 0 Å². The Morgan fingerprint density at radius 2 is 1.72 bits per heavy atom. The number of rotatable bonds is 6. The number of fused-ring (bicyclic) bond motifs is 1. The molecule has 3 aromatic carbocycles. The monoisotopic (exact) mass is 461 g/mol. The standard InChI is InChI=1S/C24H16ClN3O3S/c25-19-8-4-3-7-18(19)20-11-12-21(31-20)23-27-28-24(32-23)26-22(29)14-30-17-10-9-15-5-1-2-6-16(15)13-17/h1-13H,14H2,(H,26,28,29). The number of nitrogens with one attached hydrogen (secondary N) is 1. The van der Waals surface area contributed by atoms with Crippen LogP contribution in [0.15, 0.2) is 83.3 Å². The highest BCUT2D eigenvalue weighted by molar-refractivity contribution is 7.18. The van der Waals surface area contributed by atoms with Crippen LogP contribution in [0.25, 0.3) is 32.9 Å². The number of anilines is 1. The molecule has 5 aromatic rings. The fourth-order valence-corrected chi connectivity index (χ4v) is 4.14. The number of amides is 1. The molecule has 0 aliphatic rings. The summed E-state index contributed by atoms with van der Waals surface area (Å²) in [7, 11) is 0. The van der Waals surface area contributed by atoms with Crippen molar-refractivity contribution in [1.29, 1.82) is 0 Å². The summed E-state index contributed by atoms with van der Waals surface area (Å²) in [6.45, 7) is -0.134. The first-order valence-electron chi connectivity index (χ1n) is 9.76. The summed E-state index contributed by atoms with van der Waals surface area (Å²) in [5.41, 5.74) is 0.796. The maximum Gasteiger partial charge on any atom is 0.264 e. The zero-order valence-electron chi connectivity index (χ0n) is 16.6. The zero-order valence-corrected chi connectivity index (χ0v) is 18.2. The Morgan fingerprint density at radius 3 is 2.59 bits per heavy atom. The molecule has 0 spiro atoms. The first kappa shape index (κ1) is 20.2. The molecule has 6 nitrogen and oxygen atoms in total. The molecule has 0 saturated heterocycles. The Kier molecular flexibility index (Phi) is 5.58. The van der Waals surface area contributed by atoms with E-state index >= 15 is 0 Å². The first-order chi connectivity index (χ1) is 15.7. The normalized spacial score (nSPS) is 10.9. The molecular formula is C24H16ClN3O3S. The third-order valence-electron chi connectivity index (χ3n) is 4.72. The van der Waals surface area contributed by atoms with Crippen LogP contribution >= 0.6 is 22.9 Å². The van der Waals surface area contributed by atoms with Crippen LogP contribution in [0.5, 0.6) is 5.75 Å². The van der Waals surface area contributed by atoms with Crippen molar-refractivity contribution in [2.75, 3.05) is 11.9 Å². The topological polar surface area (TPSA) is 77.2 Å². The number of ether oxygens (including phenoxy) is 1. The Hall–Kier alpha value is -3.68. The summed E-state index contributed by atoms with van der Waals surface area (Å²) in [6.07, 6.45) is 0. The number of halogens is 1. The van der Waals surface area contributed by atoms with Crippen LogP contribution in [0.2, 0.25) is 5.02 Å². The molecule has 0 atom stereocenters. The molecule has 158 valence electrons. The molecular weight excluding hydrogens is 446 g/mol. The van der Waals surface area contributed by atoms with Gasteiger partial charge >= 0.3 is 0 Å². The van der Waals surface area contributed by atoms with E-state index in [0.29, 0.717) is 32.4 Å². The highest BCUT2D eigenvalue weighted by Gasteiger charge is 2.15. The van der Waals surface area contributed by atoms with E-state index in [1.54, 1.807) is 12.1 Å². The number of aromatic nitrogens is 2. The Morgan fingerprint density at radius 1 is 0.938 bits per heavy atom. The molecule has 0 unspecified atom stereocenters. The average molecular weight is 462 g/mol. The van der Waals surface area contributed by atoms with Crippen molar-refractivity contribution < 1.29 is 13.9 Å². The van der Waals surface area contributed by atoms with Gasteiger partial charge in [-0.15, -0.1) is 10.2 Å². The van der Waals surface area contributed by atoms with Gasteiger partial charge in [-0.25, -0.2) is 0 Å². The first-order valence-corrected chi connectivity index (χ1v) is 11.0. The molecule has 0 bridgehead atoms. The third kappa shape index (κ3) is 4.34. The highest BCUT2D eigenvalue weighted by atomic mass is 35.5. The van der Waals surface area contributed by atoms with Crippen molar-refractivity contribution in [3.8, 4) is 27.8 Å². The lowest BCUT2D eigenvalue weighted by atomic mass is 10.1. The lowest BCUT2D eigenvalue weighted by Crippen LogP contribution is -2.20. The Balaban J connectivity index is 1.22. The van der Waals surface area contributed by atoms with E-state index in [-0.39, 0.29) is 12.5 Å². The Bertz CT molecular complexity index is 1410. The fraction of sp³-hybridized carbons (Fsp3) is 0.0417. The second-order valence-corrected chi connectivity index (χ2v) is 8.29. The van der Waals surface area contributed by atoms with Gasteiger partial charge in [0.25, 0.3) is 5.91 Å². The van der Waals surface area contributed by atoms with Crippen LogP contribution in [0.4, 0.5) is 5.13 Å². The molecule has 1 amide bonds. The van der Waals surface area contributed by atoms with Crippen molar-refractivity contribution in [2.45, 2.75) is 0 Å². The van der Waals surface area contributed by atoms with Gasteiger partial charge < -0.3 is 9.15 Å². The molecule has 0 saturated carbocycles. The summed E-state index contributed by atoms with van der Waals surface area (Å²) >= 11 is 7.45. The van der Waals surface area contributed by atoms with Gasteiger partial charge in [-0.1, -0.05) is 65.4 Å². The van der Waals surface area contributed by atoms with Crippen LogP contribution in [0.3, 0.4) is 0 Å². The van der Waals surface area contributed by atoms with Crippen LogP contribution in [0.1, 0.15) is 0 Å². The largest absolute Gasteiger partial charge is 0.484 e. The van der Waals surface area contributed by atoms with Gasteiger partial charge in [0.05, 0.1) is 5.02 Å². The van der Waals surface area contributed by atoms with E-state index in [9.17, 15) is 4.79 Å². The van der Waals surface area contributed by atoms with Gasteiger partial charge in [0.1, 0.15) is 11.5 Å². The van der Waals surface area contributed by atoms with Crippen LogP contribution in [-0.4, -0.2) is 22.7 Å². The predicted molar refractivity (Wildman–Crippen MR) is 126 cm³/mol. The fourth-order valence-electron chi connectivity index (χ4n) is 3.19. The van der Waals surface area contributed by atoms with Gasteiger partial charge in [-0.3, -0.25) is 10.1 Å². The number of carbonyl (C=O) groups is 1.